The van der Waals surface area contributed by atoms with Gasteiger partial charge in [-0.2, -0.15) is 0 Å². The molecule has 0 aliphatic rings. The fraction of sp³-hybridized carbons (Fsp3) is 0.619. The molecule has 0 saturated heterocycles. The number of benzene rings is 1. The second kappa shape index (κ2) is 10.3. The molecule has 28 heavy (non-hydrogen) atoms. The number of ether oxygens (including phenoxy) is 2. The molecule has 0 fully saturated rings. The van der Waals surface area contributed by atoms with Crippen molar-refractivity contribution in [2.45, 2.75) is 65.8 Å². The lowest BCUT2D eigenvalue weighted by atomic mass is 10.0. The Morgan fingerprint density at radius 1 is 1.14 bits per heavy atom. The summed E-state index contributed by atoms with van der Waals surface area (Å²) in [6.07, 6.45) is -0.650. The average Bonchev–Trinajstić information content (AvgIpc) is 2.59. The molecule has 0 spiro atoms. The van der Waals surface area contributed by atoms with Crippen LogP contribution < -0.4 is 10.1 Å². The molecule has 158 valence electrons. The van der Waals surface area contributed by atoms with Crippen molar-refractivity contribution in [1.82, 2.24) is 10.2 Å². The smallest absolute Gasteiger partial charge is 0.408 e. The van der Waals surface area contributed by atoms with Crippen LogP contribution in [0.25, 0.3) is 0 Å². The van der Waals surface area contributed by atoms with Gasteiger partial charge in [-0.05, 0) is 51.3 Å². The molecule has 0 radical (unpaired) electrons. The summed E-state index contributed by atoms with van der Waals surface area (Å²) >= 11 is 0. The SMILES string of the molecule is COc1ccc(CN(C(=O)[C@@H](C)NC(=O)OC(C)(C)C)[C@H](CO)C(C)C)cc1. The molecule has 2 amide bonds. The molecular weight excluding hydrogens is 360 g/mol. The number of carbonyl (C=O) groups is 2. The monoisotopic (exact) mass is 394 g/mol. The van der Waals surface area contributed by atoms with Crippen molar-refractivity contribution in [3.8, 4) is 5.75 Å². The highest BCUT2D eigenvalue weighted by atomic mass is 16.6. The molecule has 1 rings (SSSR count). The lowest BCUT2D eigenvalue weighted by molar-refractivity contribution is -0.138. The Balaban J connectivity index is 2.99. The molecule has 7 nitrogen and oxygen atoms in total. The van der Waals surface area contributed by atoms with Crippen LogP contribution in [0.3, 0.4) is 0 Å². The predicted molar refractivity (Wildman–Crippen MR) is 108 cm³/mol. The van der Waals surface area contributed by atoms with Gasteiger partial charge >= 0.3 is 6.09 Å². The Morgan fingerprint density at radius 2 is 1.71 bits per heavy atom. The van der Waals surface area contributed by atoms with E-state index in [2.05, 4.69) is 5.32 Å². The van der Waals surface area contributed by atoms with Crippen molar-refractivity contribution in [3.05, 3.63) is 29.8 Å². The molecule has 0 aliphatic carbocycles. The normalized spacial score (nSPS) is 13.6. The van der Waals surface area contributed by atoms with Crippen molar-refractivity contribution in [2.75, 3.05) is 13.7 Å². The van der Waals surface area contributed by atoms with E-state index in [4.69, 9.17) is 9.47 Å². The van der Waals surface area contributed by atoms with E-state index in [0.29, 0.717) is 6.54 Å². The summed E-state index contributed by atoms with van der Waals surface area (Å²) in [6, 6.07) is 6.23. The summed E-state index contributed by atoms with van der Waals surface area (Å²) in [5, 5.41) is 12.5. The van der Waals surface area contributed by atoms with Gasteiger partial charge in [-0.15, -0.1) is 0 Å². The number of hydrogen-bond acceptors (Lipinski definition) is 5. The fourth-order valence-electron chi connectivity index (χ4n) is 2.75. The van der Waals surface area contributed by atoms with Gasteiger partial charge in [0.05, 0.1) is 19.8 Å². The van der Waals surface area contributed by atoms with Crippen LogP contribution in [0, 0.1) is 5.92 Å². The van der Waals surface area contributed by atoms with E-state index in [1.54, 1.807) is 39.7 Å². The van der Waals surface area contributed by atoms with Crippen molar-refractivity contribution in [1.29, 1.82) is 0 Å². The number of rotatable bonds is 8. The quantitative estimate of drug-likeness (QED) is 0.708. The lowest BCUT2D eigenvalue weighted by Crippen LogP contribution is -2.53. The molecule has 2 N–H and O–H groups in total. The summed E-state index contributed by atoms with van der Waals surface area (Å²) in [5.74, 6) is 0.486. The number of aliphatic hydroxyl groups is 1. The van der Waals surface area contributed by atoms with Gasteiger partial charge < -0.3 is 24.8 Å². The van der Waals surface area contributed by atoms with Crippen molar-refractivity contribution in [2.24, 2.45) is 5.92 Å². The highest BCUT2D eigenvalue weighted by Gasteiger charge is 2.30. The van der Waals surface area contributed by atoms with Crippen LogP contribution in [0.4, 0.5) is 4.79 Å². The first-order valence-corrected chi connectivity index (χ1v) is 9.52. The predicted octanol–water partition coefficient (Wildman–Crippen LogP) is 2.95. The minimum atomic E-state index is -0.791. The van der Waals surface area contributed by atoms with Gasteiger partial charge in [0, 0.05) is 6.54 Å². The van der Waals surface area contributed by atoms with Crippen LogP contribution in [0.1, 0.15) is 47.1 Å². The molecular formula is C21H34N2O5. The third-order valence-corrected chi connectivity index (χ3v) is 4.26. The number of hydrogen-bond donors (Lipinski definition) is 2. The first-order chi connectivity index (χ1) is 13.0. The Labute approximate surface area is 168 Å². The van der Waals surface area contributed by atoms with E-state index in [0.717, 1.165) is 11.3 Å². The van der Waals surface area contributed by atoms with Crippen LogP contribution >= 0.6 is 0 Å². The molecule has 0 bridgehead atoms. The van der Waals surface area contributed by atoms with Crippen LogP contribution in [-0.4, -0.2) is 53.4 Å². The molecule has 7 heteroatoms. The van der Waals surface area contributed by atoms with Crippen LogP contribution in [-0.2, 0) is 16.1 Å². The van der Waals surface area contributed by atoms with Crippen LogP contribution in [0.5, 0.6) is 5.75 Å². The topological polar surface area (TPSA) is 88.1 Å². The molecule has 0 saturated carbocycles. The maximum absolute atomic E-state index is 13.1. The summed E-state index contributed by atoms with van der Waals surface area (Å²) in [6.45, 7) is 10.9. The Morgan fingerprint density at radius 3 is 2.14 bits per heavy atom. The van der Waals surface area contributed by atoms with E-state index in [9.17, 15) is 14.7 Å². The zero-order valence-electron chi connectivity index (χ0n) is 18.0. The van der Waals surface area contributed by atoms with Gasteiger partial charge in [0.15, 0.2) is 0 Å². The second-order valence-electron chi connectivity index (χ2n) is 8.18. The Bertz CT molecular complexity index is 637. The van der Waals surface area contributed by atoms with Crippen molar-refractivity contribution in [3.63, 3.8) is 0 Å². The zero-order valence-corrected chi connectivity index (χ0v) is 18.0. The van der Waals surface area contributed by atoms with Gasteiger partial charge in [-0.25, -0.2) is 4.79 Å². The lowest BCUT2D eigenvalue weighted by Gasteiger charge is -2.35. The highest BCUT2D eigenvalue weighted by Crippen LogP contribution is 2.19. The molecule has 2 atom stereocenters. The molecule has 1 aromatic carbocycles. The van der Waals surface area contributed by atoms with Gasteiger partial charge in [0.25, 0.3) is 0 Å². The molecule has 0 unspecified atom stereocenters. The molecule has 0 aromatic heterocycles. The van der Waals surface area contributed by atoms with E-state index < -0.39 is 17.7 Å². The van der Waals surface area contributed by atoms with Gasteiger partial charge in [-0.1, -0.05) is 26.0 Å². The fourth-order valence-corrected chi connectivity index (χ4v) is 2.75. The second-order valence-corrected chi connectivity index (χ2v) is 8.18. The molecule has 0 heterocycles. The summed E-state index contributed by atoms with van der Waals surface area (Å²) in [5.41, 5.74) is 0.249. The zero-order chi connectivity index (χ0) is 21.5. The third kappa shape index (κ3) is 7.38. The number of nitrogens with zero attached hydrogens (tertiary/aromatic N) is 1. The van der Waals surface area contributed by atoms with Gasteiger partial charge in [0.1, 0.15) is 17.4 Å². The number of amides is 2. The number of alkyl carbamates (subject to hydrolysis) is 1. The maximum atomic E-state index is 13.1. The average molecular weight is 395 g/mol. The van der Waals surface area contributed by atoms with Crippen LogP contribution in [0.2, 0.25) is 0 Å². The van der Waals surface area contributed by atoms with Crippen molar-refractivity contribution >= 4 is 12.0 Å². The van der Waals surface area contributed by atoms with E-state index in [-0.39, 0.29) is 24.5 Å². The van der Waals surface area contributed by atoms with E-state index >= 15 is 0 Å². The number of aliphatic hydroxyl groups excluding tert-OH is 1. The van der Waals surface area contributed by atoms with E-state index in [1.807, 2.05) is 38.1 Å². The molecule has 0 aliphatic heterocycles. The number of nitrogens with one attached hydrogen (secondary N) is 1. The van der Waals surface area contributed by atoms with Crippen LogP contribution in [0.15, 0.2) is 24.3 Å². The highest BCUT2D eigenvalue weighted by molar-refractivity contribution is 5.85. The van der Waals surface area contributed by atoms with E-state index in [1.165, 1.54) is 0 Å². The third-order valence-electron chi connectivity index (χ3n) is 4.26. The largest absolute Gasteiger partial charge is 0.497 e. The maximum Gasteiger partial charge on any atom is 0.408 e. The van der Waals surface area contributed by atoms with Gasteiger partial charge in [0.2, 0.25) is 5.91 Å². The Hall–Kier alpha value is -2.28. The molecule has 1 aromatic rings. The number of methoxy groups -OCH3 is 1. The minimum Gasteiger partial charge on any atom is -0.497 e. The Kier molecular flexibility index (Phi) is 8.75. The van der Waals surface area contributed by atoms with Crippen molar-refractivity contribution < 1.29 is 24.2 Å². The first-order valence-electron chi connectivity index (χ1n) is 9.52. The summed E-state index contributed by atoms with van der Waals surface area (Å²) in [4.78, 5) is 26.7. The minimum absolute atomic E-state index is 0.0425. The standard InChI is InChI=1S/C21H34N2O5/c1-14(2)18(13-24)23(12-16-8-10-17(27-7)11-9-16)19(25)15(3)22-20(26)28-21(4,5)6/h8-11,14-15,18,24H,12-13H2,1-7H3,(H,22,26)/t15-,18-/m1/s1. The van der Waals surface area contributed by atoms with Gasteiger partial charge in [-0.3, -0.25) is 4.79 Å². The summed E-state index contributed by atoms with van der Waals surface area (Å²) < 4.78 is 10.4. The number of carbonyl (C=O) groups excluding carboxylic acids is 2. The summed E-state index contributed by atoms with van der Waals surface area (Å²) in [7, 11) is 1.59. The first kappa shape index (κ1) is 23.8.